The van der Waals surface area contributed by atoms with Crippen LogP contribution in [0.1, 0.15) is 22.2 Å². The average Bonchev–Trinajstić information content (AvgIpc) is 3.00. The molecule has 2 N–H and O–H groups in total. The van der Waals surface area contributed by atoms with E-state index in [1.165, 1.54) is 19.1 Å². The molecule has 2 rings (SSSR count). The standard InChI is InChI=1S/C14H15N3O5S2/c1-3-24(21,22)16-11-5-4-10(8-9(11)2)15-14(18)12-6-7-13(23-12)17(19)20/h4-8,16H,3H2,1-2H3,(H,15,18). The van der Waals surface area contributed by atoms with Crippen LogP contribution < -0.4 is 10.0 Å². The van der Waals surface area contributed by atoms with Crippen LogP contribution in [-0.2, 0) is 10.0 Å². The van der Waals surface area contributed by atoms with E-state index >= 15 is 0 Å². The van der Waals surface area contributed by atoms with Crippen molar-refractivity contribution in [2.75, 3.05) is 15.8 Å². The van der Waals surface area contributed by atoms with Gasteiger partial charge >= 0.3 is 5.00 Å². The van der Waals surface area contributed by atoms with Gasteiger partial charge in [0.2, 0.25) is 10.0 Å². The lowest BCUT2D eigenvalue weighted by Gasteiger charge is -2.11. The number of amides is 1. The van der Waals surface area contributed by atoms with Crippen molar-refractivity contribution in [2.24, 2.45) is 0 Å². The van der Waals surface area contributed by atoms with E-state index in [-0.39, 0.29) is 15.6 Å². The Balaban J connectivity index is 2.14. The second-order valence-corrected chi connectivity index (χ2v) is 7.96. The van der Waals surface area contributed by atoms with Gasteiger partial charge in [0.05, 0.1) is 21.2 Å². The Bertz CT molecular complexity index is 890. The third kappa shape index (κ3) is 4.30. The summed E-state index contributed by atoms with van der Waals surface area (Å²) in [5.74, 6) is -0.503. The monoisotopic (exact) mass is 369 g/mol. The fourth-order valence-electron chi connectivity index (χ4n) is 1.84. The summed E-state index contributed by atoms with van der Waals surface area (Å²) in [7, 11) is -3.38. The van der Waals surface area contributed by atoms with Crippen LogP contribution in [0.15, 0.2) is 30.3 Å². The number of benzene rings is 1. The molecule has 0 bridgehead atoms. The smallest absolute Gasteiger partial charge is 0.321 e. The van der Waals surface area contributed by atoms with E-state index in [0.29, 0.717) is 16.9 Å². The Morgan fingerprint density at radius 2 is 2.00 bits per heavy atom. The molecule has 0 aliphatic rings. The summed E-state index contributed by atoms with van der Waals surface area (Å²) in [6.45, 7) is 3.24. The minimum atomic E-state index is -3.38. The molecule has 1 aromatic heterocycles. The molecule has 1 amide bonds. The van der Waals surface area contributed by atoms with Crippen LogP contribution in [0.3, 0.4) is 0 Å². The molecule has 0 aliphatic heterocycles. The number of carbonyl (C=O) groups excluding carboxylic acids is 1. The zero-order valence-electron chi connectivity index (χ0n) is 12.9. The molecule has 0 spiro atoms. The third-order valence-electron chi connectivity index (χ3n) is 3.13. The van der Waals surface area contributed by atoms with Gasteiger partial charge in [0.1, 0.15) is 0 Å². The summed E-state index contributed by atoms with van der Waals surface area (Å²) in [5.41, 5.74) is 1.54. The topological polar surface area (TPSA) is 118 Å². The van der Waals surface area contributed by atoms with E-state index in [1.54, 1.807) is 25.1 Å². The molecule has 0 atom stereocenters. The van der Waals surface area contributed by atoms with Crippen molar-refractivity contribution < 1.29 is 18.1 Å². The molecular weight excluding hydrogens is 354 g/mol. The van der Waals surface area contributed by atoms with Gasteiger partial charge in [-0.25, -0.2) is 8.42 Å². The van der Waals surface area contributed by atoms with Crippen molar-refractivity contribution in [3.05, 3.63) is 50.9 Å². The first-order valence-electron chi connectivity index (χ1n) is 6.88. The number of carbonyl (C=O) groups is 1. The first-order valence-corrected chi connectivity index (χ1v) is 9.35. The van der Waals surface area contributed by atoms with Gasteiger partial charge in [-0.3, -0.25) is 19.6 Å². The summed E-state index contributed by atoms with van der Waals surface area (Å²) >= 11 is 0.784. The second-order valence-electron chi connectivity index (χ2n) is 4.88. The molecule has 128 valence electrons. The van der Waals surface area contributed by atoms with E-state index in [2.05, 4.69) is 10.0 Å². The van der Waals surface area contributed by atoms with Crippen LogP contribution in [-0.4, -0.2) is 25.0 Å². The molecule has 2 aromatic rings. The number of rotatable bonds is 6. The molecule has 0 fully saturated rings. The summed E-state index contributed by atoms with van der Waals surface area (Å²) in [4.78, 5) is 22.4. The summed E-state index contributed by atoms with van der Waals surface area (Å²) in [6.07, 6.45) is 0. The largest absolute Gasteiger partial charge is 0.324 e. The molecule has 0 unspecified atom stereocenters. The molecule has 0 saturated heterocycles. The van der Waals surface area contributed by atoms with Gasteiger partial charge in [-0.15, -0.1) is 0 Å². The highest BCUT2D eigenvalue weighted by Crippen LogP contribution is 2.26. The molecule has 0 aliphatic carbocycles. The molecule has 1 aromatic carbocycles. The highest BCUT2D eigenvalue weighted by molar-refractivity contribution is 7.92. The number of aryl methyl sites for hydroxylation is 1. The van der Waals surface area contributed by atoms with Gasteiger partial charge in [0, 0.05) is 11.8 Å². The molecular formula is C14H15N3O5S2. The maximum atomic E-state index is 12.1. The van der Waals surface area contributed by atoms with Gasteiger partial charge in [0.15, 0.2) is 0 Å². The Hall–Kier alpha value is -2.46. The molecule has 24 heavy (non-hydrogen) atoms. The number of sulfonamides is 1. The maximum absolute atomic E-state index is 12.1. The van der Waals surface area contributed by atoms with Crippen molar-refractivity contribution in [1.29, 1.82) is 0 Å². The van der Waals surface area contributed by atoms with Crippen molar-refractivity contribution >= 4 is 43.6 Å². The number of anilines is 2. The van der Waals surface area contributed by atoms with Crippen LogP contribution in [0.5, 0.6) is 0 Å². The fourth-order valence-corrected chi connectivity index (χ4v) is 3.26. The van der Waals surface area contributed by atoms with Crippen molar-refractivity contribution in [3.8, 4) is 0 Å². The predicted octanol–water partition coefficient (Wildman–Crippen LogP) is 2.98. The second kappa shape index (κ2) is 6.97. The Morgan fingerprint density at radius 1 is 1.29 bits per heavy atom. The van der Waals surface area contributed by atoms with Gasteiger partial charge < -0.3 is 5.32 Å². The first kappa shape index (κ1) is 17.9. The minimum absolute atomic E-state index is 0.0396. The van der Waals surface area contributed by atoms with E-state index in [4.69, 9.17) is 0 Å². The normalized spacial score (nSPS) is 11.1. The molecule has 10 heteroatoms. The van der Waals surface area contributed by atoms with Crippen molar-refractivity contribution in [1.82, 2.24) is 0 Å². The summed E-state index contributed by atoms with van der Waals surface area (Å²) in [6, 6.07) is 7.38. The van der Waals surface area contributed by atoms with Gasteiger partial charge in [-0.2, -0.15) is 0 Å². The number of hydrogen-bond donors (Lipinski definition) is 2. The average molecular weight is 369 g/mol. The summed E-state index contributed by atoms with van der Waals surface area (Å²) in [5, 5.41) is 13.2. The minimum Gasteiger partial charge on any atom is -0.321 e. The fraction of sp³-hybridized carbons (Fsp3) is 0.214. The number of nitrogens with zero attached hydrogens (tertiary/aromatic N) is 1. The van der Waals surface area contributed by atoms with E-state index < -0.39 is 20.9 Å². The summed E-state index contributed by atoms with van der Waals surface area (Å²) < 4.78 is 25.6. The van der Waals surface area contributed by atoms with Gasteiger partial charge in [0.25, 0.3) is 5.91 Å². The lowest BCUT2D eigenvalue weighted by molar-refractivity contribution is -0.380. The lowest BCUT2D eigenvalue weighted by Crippen LogP contribution is -2.15. The highest BCUT2D eigenvalue weighted by atomic mass is 32.2. The van der Waals surface area contributed by atoms with Gasteiger partial charge in [-0.05, 0) is 43.7 Å². The molecule has 8 nitrogen and oxygen atoms in total. The van der Waals surface area contributed by atoms with Crippen molar-refractivity contribution in [2.45, 2.75) is 13.8 Å². The quantitative estimate of drug-likeness (QED) is 0.599. The van der Waals surface area contributed by atoms with Crippen LogP contribution >= 0.6 is 11.3 Å². The Morgan fingerprint density at radius 3 is 2.54 bits per heavy atom. The number of nitro groups is 1. The highest BCUT2D eigenvalue weighted by Gasteiger charge is 2.16. The first-order chi connectivity index (χ1) is 11.2. The van der Waals surface area contributed by atoms with Crippen LogP contribution in [0.25, 0.3) is 0 Å². The molecule has 1 heterocycles. The van der Waals surface area contributed by atoms with Crippen LogP contribution in [0, 0.1) is 17.0 Å². The predicted molar refractivity (Wildman–Crippen MR) is 93.2 cm³/mol. The zero-order chi connectivity index (χ0) is 17.9. The number of nitrogens with one attached hydrogen (secondary N) is 2. The lowest BCUT2D eigenvalue weighted by atomic mass is 10.2. The Labute approximate surface area is 142 Å². The van der Waals surface area contributed by atoms with Crippen LogP contribution in [0.4, 0.5) is 16.4 Å². The maximum Gasteiger partial charge on any atom is 0.324 e. The van der Waals surface area contributed by atoms with E-state index in [0.717, 1.165) is 11.3 Å². The number of hydrogen-bond acceptors (Lipinski definition) is 6. The van der Waals surface area contributed by atoms with Crippen LogP contribution in [0.2, 0.25) is 0 Å². The van der Waals surface area contributed by atoms with Crippen molar-refractivity contribution in [3.63, 3.8) is 0 Å². The molecule has 0 saturated carbocycles. The van der Waals surface area contributed by atoms with E-state index in [9.17, 15) is 23.3 Å². The zero-order valence-corrected chi connectivity index (χ0v) is 14.5. The SMILES string of the molecule is CCS(=O)(=O)Nc1ccc(NC(=O)c2ccc([N+](=O)[O-])s2)cc1C. The van der Waals surface area contributed by atoms with Gasteiger partial charge in [-0.1, -0.05) is 11.3 Å². The number of thiophene rings is 1. The Kier molecular flexibility index (Phi) is 5.20. The molecule has 0 radical (unpaired) electrons. The van der Waals surface area contributed by atoms with E-state index in [1.807, 2.05) is 0 Å². The third-order valence-corrected chi connectivity index (χ3v) is 5.45.